The number of halogens is 1. The van der Waals surface area contributed by atoms with Gasteiger partial charge in [-0.15, -0.1) is 10.2 Å². The summed E-state index contributed by atoms with van der Waals surface area (Å²) in [6.07, 6.45) is 3.94. The van der Waals surface area contributed by atoms with Gasteiger partial charge in [0.25, 0.3) is 0 Å². The zero-order valence-corrected chi connectivity index (χ0v) is 13.2. The van der Waals surface area contributed by atoms with Gasteiger partial charge in [-0.3, -0.25) is 10.1 Å². The third-order valence-corrected chi connectivity index (χ3v) is 5.00. The molecule has 1 aromatic carbocycles. The van der Waals surface area contributed by atoms with Crippen LogP contribution in [-0.4, -0.2) is 16.1 Å². The van der Waals surface area contributed by atoms with E-state index in [-0.39, 0.29) is 5.91 Å². The number of carbonyl (C=O) groups is 1. The van der Waals surface area contributed by atoms with E-state index in [1.165, 1.54) is 11.3 Å². The molecular formula is C14H14BrN3OS. The van der Waals surface area contributed by atoms with Crippen molar-refractivity contribution in [2.45, 2.75) is 31.1 Å². The molecule has 1 heterocycles. The number of benzene rings is 1. The summed E-state index contributed by atoms with van der Waals surface area (Å²) < 4.78 is 1.03. The highest BCUT2D eigenvalue weighted by Gasteiger charge is 2.42. The summed E-state index contributed by atoms with van der Waals surface area (Å²) in [5.41, 5.74) is 2.28. The molecule has 3 rings (SSSR count). The molecule has 0 atom stereocenters. The van der Waals surface area contributed by atoms with Crippen LogP contribution in [0, 0.1) is 0 Å². The molecular weight excluding hydrogens is 338 g/mol. The molecule has 6 heteroatoms. The quantitative estimate of drug-likeness (QED) is 0.915. The standard InChI is InChI=1S/C14H14BrN3OS/c15-11-5-3-10(4-6-11)14(7-1-2-8-14)12(19)17-13-18-16-9-20-13/h3-6,9H,1-2,7-8H2,(H,17,18,19). The summed E-state index contributed by atoms with van der Waals surface area (Å²) in [6.45, 7) is 0. The van der Waals surface area contributed by atoms with Crippen LogP contribution in [-0.2, 0) is 10.2 Å². The first-order valence-corrected chi connectivity index (χ1v) is 8.22. The van der Waals surface area contributed by atoms with Gasteiger partial charge in [-0.2, -0.15) is 0 Å². The Bertz CT molecular complexity index is 591. The first-order chi connectivity index (χ1) is 9.71. The van der Waals surface area contributed by atoms with Crippen molar-refractivity contribution in [2.75, 3.05) is 5.32 Å². The maximum atomic E-state index is 12.7. The van der Waals surface area contributed by atoms with Gasteiger partial charge < -0.3 is 0 Å². The van der Waals surface area contributed by atoms with Crippen LogP contribution in [0.25, 0.3) is 0 Å². The van der Waals surface area contributed by atoms with Crippen molar-refractivity contribution >= 4 is 38.3 Å². The van der Waals surface area contributed by atoms with E-state index < -0.39 is 5.41 Å². The van der Waals surface area contributed by atoms with Gasteiger partial charge in [0.15, 0.2) is 0 Å². The molecule has 1 fully saturated rings. The summed E-state index contributed by atoms with van der Waals surface area (Å²) in [7, 11) is 0. The molecule has 4 nitrogen and oxygen atoms in total. The second kappa shape index (κ2) is 5.61. The monoisotopic (exact) mass is 351 g/mol. The number of anilines is 1. The van der Waals surface area contributed by atoms with Crippen molar-refractivity contribution in [2.24, 2.45) is 0 Å². The molecule has 1 aliphatic carbocycles. The number of nitrogens with zero attached hydrogens (tertiary/aromatic N) is 2. The summed E-state index contributed by atoms with van der Waals surface area (Å²) in [6, 6.07) is 8.06. The minimum absolute atomic E-state index is 0.0362. The van der Waals surface area contributed by atoms with E-state index >= 15 is 0 Å². The van der Waals surface area contributed by atoms with Crippen molar-refractivity contribution in [1.29, 1.82) is 0 Å². The Morgan fingerprint density at radius 2 is 1.95 bits per heavy atom. The lowest BCUT2D eigenvalue weighted by Gasteiger charge is -2.27. The maximum absolute atomic E-state index is 12.7. The molecule has 0 aliphatic heterocycles. The van der Waals surface area contributed by atoms with Crippen molar-refractivity contribution in [3.8, 4) is 0 Å². The Hall–Kier alpha value is -1.27. The summed E-state index contributed by atoms with van der Waals surface area (Å²) in [4.78, 5) is 12.7. The molecule has 1 N–H and O–H groups in total. The van der Waals surface area contributed by atoms with Crippen LogP contribution >= 0.6 is 27.3 Å². The van der Waals surface area contributed by atoms with Crippen LogP contribution in [0.4, 0.5) is 5.13 Å². The number of hydrogen-bond donors (Lipinski definition) is 1. The molecule has 0 bridgehead atoms. The number of nitrogens with one attached hydrogen (secondary N) is 1. The lowest BCUT2D eigenvalue weighted by atomic mass is 9.78. The molecule has 1 aromatic heterocycles. The van der Waals surface area contributed by atoms with E-state index in [1.807, 2.05) is 24.3 Å². The highest BCUT2D eigenvalue weighted by Crippen LogP contribution is 2.42. The highest BCUT2D eigenvalue weighted by atomic mass is 79.9. The highest BCUT2D eigenvalue weighted by molar-refractivity contribution is 9.10. The minimum atomic E-state index is -0.424. The van der Waals surface area contributed by atoms with Gasteiger partial charge in [-0.1, -0.05) is 52.2 Å². The van der Waals surface area contributed by atoms with Gasteiger partial charge in [0, 0.05) is 4.47 Å². The minimum Gasteiger partial charge on any atom is -0.300 e. The zero-order chi connectivity index (χ0) is 14.0. The third-order valence-electron chi connectivity index (χ3n) is 3.87. The van der Waals surface area contributed by atoms with E-state index in [1.54, 1.807) is 5.51 Å². The van der Waals surface area contributed by atoms with Gasteiger partial charge in [0.05, 0.1) is 5.41 Å². The molecule has 0 saturated heterocycles. The number of hydrogen-bond acceptors (Lipinski definition) is 4. The molecule has 20 heavy (non-hydrogen) atoms. The van der Waals surface area contributed by atoms with Crippen molar-refractivity contribution < 1.29 is 4.79 Å². The van der Waals surface area contributed by atoms with Crippen LogP contribution in [0.1, 0.15) is 31.2 Å². The topological polar surface area (TPSA) is 54.9 Å². The van der Waals surface area contributed by atoms with Gasteiger partial charge >= 0.3 is 0 Å². The molecule has 0 spiro atoms. The Morgan fingerprint density at radius 1 is 1.25 bits per heavy atom. The average Bonchev–Trinajstić information content (AvgIpc) is 3.10. The molecule has 1 amide bonds. The van der Waals surface area contributed by atoms with Crippen LogP contribution in [0.15, 0.2) is 34.2 Å². The molecule has 0 unspecified atom stereocenters. The number of rotatable bonds is 3. The lowest BCUT2D eigenvalue weighted by molar-refractivity contribution is -0.121. The van der Waals surface area contributed by atoms with E-state index in [0.717, 1.165) is 35.7 Å². The van der Waals surface area contributed by atoms with Gasteiger partial charge in [0.1, 0.15) is 5.51 Å². The fourth-order valence-electron chi connectivity index (χ4n) is 2.84. The molecule has 1 saturated carbocycles. The predicted octanol–water partition coefficient (Wildman–Crippen LogP) is 3.75. The van der Waals surface area contributed by atoms with Crippen molar-refractivity contribution in [3.63, 3.8) is 0 Å². The van der Waals surface area contributed by atoms with E-state index in [2.05, 4.69) is 31.4 Å². The lowest BCUT2D eigenvalue weighted by Crippen LogP contribution is -2.37. The third kappa shape index (κ3) is 2.50. The summed E-state index contributed by atoms with van der Waals surface area (Å²) in [5.74, 6) is 0.0362. The van der Waals surface area contributed by atoms with Crippen molar-refractivity contribution in [1.82, 2.24) is 10.2 Å². The van der Waals surface area contributed by atoms with E-state index in [0.29, 0.717) is 5.13 Å². The van der Waals surface area contributed by atoms with Gasteiger partial charge in [-0.05, 0) is 30.5 Å². The molecule has 1 aliphatic rings. The first-order valence-electron chi connectivity index (χ1n) is 6.54. The predicted molar refractivity (Wildman–Crippen MR) is 82.8 cm³/mol. The Kier molecular flexibility index (Phi) is 3.85. The fraction of sp³-hybridized carbons (Fsp3) is 0.357. The molecule has 104 valence electrons. The first kappa shape index (κ1) is 13.7. The van der Waals surface area contributed by atoms with Gasteiger partial charge in [-0.25, -0.2) is 0 Å². The largest absolute Gasteiger partial charge is 0.300 e. The Morgan fingerprint density at radius 3 is 2.55 bits per heavy atom. The SMILES string of the molecule is O=C(Nc1nncs1)C1(c2ccc(Br)cc2)CCCC1. The van der Waals surface area contributed by atoms with Crippen LogP contribution in [0.3, 0.4) is 0 Å². The molecule has 2 aromatic rings. The van der Waals surface area contributed by atoms with Crippen LogP contribution < -0.4 is 5.32 Å². The zero-order valence-electron chi connectivity index (χ0n) is 10.8. The van der Waals surface area contributed by atoms with E-state index in [9.17, 15) is 4.79 Å². The van der Waals surface area contributed by atoms with Gasteiger partial charge in [0.2, 0.25) is 11.0 Å². The van der Waals surface area contributed by atoms with Crippen LogP contribution in [0.5, 0.6) is 0 Å². The Labute approximate surface area is 129 Å². The normalized spacial score (nSPS) is 17.1. The van der Waals surface area contributed by atoms with Crippen molar-refractivity contribution in [3.05, 3.63) is 39.8 Å². The number of aromatic nitrogens is 2. The Balaban J connectivity index is 1.91. The smallest absolute Gasteiger partial charge is 0.236 e. The average molecular weight is 352 g/mol. The summed E-state index contributed by atoms with van der Waals surface area (Å²) >= 11 is 4.78. The second-order valence-electron chi connectivity index (χ2n) is 4.99. The second-order valence-corrected chi connectivity index (χ2v) is 6.74. The number of amides is 1. The molecule has 0 radical (unpaired) electrons. The maximum Gasteiger partial charge on any atom is 0.236 e. The van der Waals surface area contributed by atoms with E-state index in [4.69, 9.17) is 0 Å². The van der Waals surface area contributed by atoms with Crippen LogP contribution in [0.2, 0.25) is 0 Å². The fourth-order valence-corrected chi connectivity index (χ4v) is 3.54. The number of carbonyl (C=O) groups excluding carboxylic acids is 1. The summed E-state index contributed by atoms with van der Waals surface area (Å²) in [5, 5.41) is 11.1.